The van der Waals surface area contributed by atoms with Crippen LogP contribution in [-0.4, -0.2) is 26.0 Å². The maximum absolute atomic E-state index is 13.1. The van der Waals surface area contributed by atoms with Gasteiger partial charge in [-0.25, -0.2) is 12.8 Å². The van der Waals surface area contributed by atoms with Crippen LogP contribution in [0.3, 0.4) is 0 Å². The van der Waals surface area contributed by atoms with Crippen molar-refractivity contribution in [3.8, 4) is 0 Å². The molecule has 0 heterocycles. The molecule has 0 radical (unpaired) electrons. The molecule has 0 unspecified atom stereocenters. The molecule has 1 N–H and O–H groups in total. The summed E-state index contributed by atoms with van der Waals surface area (Å²) in [4.78, 5) is 10.8. The highest BCUT2D eigenvalue weighted by Crippen LogP contribution is 2.28. The molecular formula is C17H18FNO4S. The predicted molar refractivity (Wildman–Crippen MR) is 89.1 cm³/mol. The molecule has 0 atom stereocenters. The summed E-state index contributed by atoms with van der Waals surface area (Å²) in [6.45, 7) is 3.43. The molecule has 0 fully saturated rings. The fraction of sp³-hybridized carbons (Fsp3) is 0.235. The second kappa shape index (κ2) is 7.00. The van der Waals surface area contributed by atoms with Crippen LogP contribution in [0, 0.1) is 19.7 Å². The van der Waals surface area contributed by atoms with Crippen molar-refractivity contribution in [3.05, 3.63) is 59.4 Å². The van der Waals surface area contributed by atoms with Gasteiger partial charge in [0.1, 0.15) is 5.82 Å². The van der Waals surface area contributed by atoms with Gasteiger partial charge in [0, 0.05) is 6.54 Å². The summed E-state index contributed by atoms with van der Waals surface area (Å²) < 4.78 is 39.9. The molecule has 0 saturated carbocycles. The molecule has 0 amide bonds. The van der Waals surface area contributed by atoms with E-state index in [9.17, 15) is 17.6 Å². The molecular weight excluding hydrogens is 333 g/mol. The second-order valence-electron chi connectivity index (χ2n) is 5.46. The number of hydrogen-bond acceptors (Lipinski definition) is 3. The van der Waals surface area contributed by atoms with E-state index in [1.807, 2.05) is 13.0 Å². The third-order valence-electron chi connectivity index (χ3n) is 3.55. The minimum absolute atomic E-state index is 0.0886. The summed E-state index contributed by atoms with van der Waals surface area (Å²) in [7, 11) is -4.00. The maximum Gasteiger partial charge on any atom is 0.305 e. The van der Waals surface area contributed by atoms with Gasteiger partial charge in [-0.05, 0) is 49.7 Å². The van der Waals surface area contributed by atoms with E-state index < -0.39 is 21.8 Å². The van der Waals surface area contributed by atoms with Gasteiger partial charge in [0.15, 0.2) is 0 Å². The Bertz CT molecular complexity index is 847. The summed E-state index contributed by atoms with van der Waals surface area (Å²) in [5.74, 6) is -1.64. The normalized spacial score (nSPS) is 11.3. The van der Waals surface area contributed by atoms with Gasteiger partial charge in [-0.3, -0.25) is 9.10 Å². The quantitative estimate of drug-likeness (QED) is 0.868. The Labute approximate surface area is 140 Å². The number of rotatable bonds is 6. The largest absolute Gasteiger partial charge is 0.481 e. The average molecular weight is 351 g/mol. The van der Waals surface area contributed by atoms with Crippen molar-refractivity contribution < 1.29 is 22.7 Å². The van der Waals surface area contributed by atoms with Crippen LogP contribution in [0.25, 0.3) is 0 Å². The number of carboxylic acids is 1. The molecule has 0 aromatic heterocycles. The van der Waals surface area contributed by atoms with Gasteiger partial charge < -0.3 is 5.11 Å². The van der Waals surface area contributed by atoms with Crippen molar-refractivity contribution in [2.24, 2.45) is 0 Å². The molecule has 0 aliphatic rings. The number of nitrogens with zero attached hydrogens (tertiary/aromatic N) is 1. The zero-order valence-corrected chi connectivity index (χ0v) is 14.2. The van der Waals surface area contributed by atoms with Crippen molar-refractivity contribution in [1.29, 1.82) is 0 Å². The Morgan fingerprint density at radius 2 is 1.75 bits per heavy atom. The molecule has 24 heavy (non-hydrogen) atoms. The number of carboxylic acid groups (broad SMARTS) is 1. The van der Waals surface area contributed by atoms with Gasteiger partial charge in [0.2, 0.25) is 0 Å². The van der Waals surface area contributed by atoms with E-state index in [-0.39, 0.29) is 17.9 Å². The maximum atomic E-state index is 13.1. The molecule has 7 heteroatoms. The summed E-state index contributed by atoms with van der Waals surface area (Å²) in [6.07, 6.45) is -0.340. The molecule has 0 bridgehead atoms. The number of aliphatic carboxylic acids is 1. The van der Waals surface area contributed by atoms with Crippen molar-refractivity contribution in [3.63, 3.8) is 0 Å². The summed E-state index contributed by atoms with van der Waals surface area (Å²) in [6, 6.07) is 9.69. The highest BCUT2D eigenvalue weighted by Gasteiger charge is 2.26. The van der Waals surface area contributed by atoms with Gasteiger partial charge in [-0.2, -0.15) is 0 Å². The van der Waals surface area contributed by atoms with Gasteiger partial charge in [0.05, 0.1) is 17.0 Å². The van der Waals surface area contributed by atoms with Gasteiger partial charge in [-0.1, -0.05) is 17.7 Å². The molecule has 2 aromatic rings. The lowest BCUT2D eigenvalue weighted by atomic mass is 10.1. The lowest BCUT2D eigenvalue weighted by molar-refractivity contribution is -0.136. The Hall–Kier alpha value is -2.41. The fourth-order valence-electron chi connectivity index (χ4n) is 2.39. The minimum atomic E-state index is -4.00. The van der Waals surface area contributed by atoms with Crippen molar-refractivity contribution in [2.45, 2.75) is 25.2 Å². The van der Waals surface area contributed by atoms with E-state index in [0.717, 1.165) is 22.0 Å². The number of aryl methyl sites for hydroxylation is 2. The first kappa shape index (κ1) is 17.9. The average Bonchev–Trinajstić information content (AvgIpc) is 2.49. The van der Waals surface area contributed by atoms with Crippen molar-refractivity contribution in [1.82, 2.24) is 0 Å². The molecule has 128 valence electrons. The molecule has 2 rings (SSSR count). The molecule has 0 aliphatic heterocycles. The Balaban J connectivity index is 2.52. The van der Waals surface area contributed by atoms with Gasteiger partial charge in [-0.15, -0.1) is 0 Å². The molecule has 2 aromatic carbocycles. The van der Waals surface area contributed by atoms with Crippen LogP contribution in [0.2, 0.25) is 0 Å². The highest BCUT2D eigenvalue weighted by atomic mass is 32.2. The van der Waals surface area contributed by atoms with E-state index in [0.29, 0.717) is 11.3 Å². The monoisotopic (exact) mass is 351 g/mol. The summed E-state index contributed by atoms with van der Waals surface area (Å²) in [5.41, 5.74) is 2.09. The third kappa shape index (κ3) is 3.91. The lowest BCUT2D eigenvalue weighted by Gasteiger charge is -2.25. The van der Waals surface area contributed by atoms with Crippen LogP contribution in [0.4, 0.5) is 10.1 Å². The van der Waals surface area contributed by atoms with Crippen molar-refractivity contribution >= 4 is 21.7 Å². The lowest BCUT2D eigenvalue weighted by Crippen LogP contribution is -2.33. The minimum Gasteiger partial charge on any atom is -0.481 e. The standard InChI is InChI=1S/C17H18FNO4S/c1-12-3-8-16(13(2)11-12)19(10-9-17(20)21)24(22,23)15-6-4-14(18)5-7-15/h3-8,11H,9-10H2,1-2H3,(H,20,21). The van der Waals surface area contributed by atoms with E-state index in [1.165, 1.54) is 12.1 Å². The van der Waals surface area contributed by atoms with E-state index in [1.54, 1.807) is 19.1 Å². The fourth-order valence-corrected chi connectivity index (χ4v) is 3.92. The molecule has 5 nitrogen and oxygen atoms in total. The van der Waals surface area contributed by atoms with Crippen molar-refractivity contribution in [2.75, 3.05) is 10.8 Å². The number of anilines is 1. The smallest absolute Gasteiger partial charge is 0.305 e. The highest BCUT2D eigenvalue weighted by molar-refractivity contribution is 7.92. The summed E-state index contributed by atoms with van der Waals surface area (Å²) in [5, 5.41) is 8.92. The molecule has 0 saturated heterocycles. The number of halogens is 1. The van der Waals surface area contributed by atoms with E-state index >= 15 is 0 Å². The van der Waals surface area contributed by atoms with Crippen LogP contribution in [0.5, 0.6) is 0 Å². The first-order valence-electron chi connectivity index (χ1n) is 7.29. The number of sulfonamides is 1. The molecule has 0 spiro atoms. The van der Waals surface area contributed by atoms with E-state index in [2.05, 4.69) is 0 Å². The van der Waals surface area contributed by atoms with Crippen LogP contribution >= 0.6 is 0 Å². The number of benzene rings is 2. The van der Waals surface area contributed by atoms with Crippen LogP contribution < -0.4 is 4.31 Å². The Morgan fingerprint density at radius 3 is 2.29 bits per heavy atom. The number of carbonyl (C=O) groups is 1. The Kier molecular flexibility index (Phi) is 5.23. The number of hydrogen-bond donors (Lipinski definition) is 1. The second-order valence-corrected chi connectivity index (χ2v) is 7.33. The van der Waals surface area contributed by atoms with Gasteiger partial charge in [0.25, 0.3) is 10.0 Å². The van der Waals surface area contributed by atoms with E-state index in [4.69, 9.17) is 5.11 Å². The predicted octanol–water partition coefficient (Wildman–Crippen LogP) is 3.11. The van der Waals surface area contributed by atoms with Gasteiger partial charge >= 0.3 is 5.97 Å². The van der Waals surface area contributed by atoms with Crippen LogP contribution in [0.1, 0.15) is 17.5 Å². The zero-order valence-electron chi connectivity index (χ0n) is 13.4. The van der Waals surface area contributed by atoms with Crippen LogP contribution in [0.15, 0.2) is 47.4 Å². The molecule has 0 aliphatic carbocycles. The summed E-state index contributed by atoms with van der Waals surface area (Å²) >= 11 is 0. The van der Waals surface area contributed by atoms with Crippen LogP contribution in [-0.2, 0) is 14.8 Å². The first-order chi connectivity index (χ1) is 11.2. The SMILES string of the molecule is Cc1ccc(N(CCC(=O)O)S(=O)(=O)c2ccc(F)cc2)c(C)c1. The first-order valence-corrected chi connectivity index (χ1v) is 8.73. The third-order valence-corrected chi connectivity index (χ3v) is 5.38. The zero-order chi connectivity index (χ0) is 17.9. The Morgan fingerprint density at radius 1 is 1.12 bits per heavy atom. The topological polar surface area (TPSA) is 74.7 Å².